The van der Waals surface area contributed by atoms with Gasteiger partial charge in [-0.15, -0.1) is 0 Å². The zero-order chi connectivity index (χ0) is 13.1. The highest BCUT2D eigenvalue weighted by Gasteiger charge is 2.09. The minimum absolute atomic E-state index is 0.706. The van der Waals surface area contributed by atoms with Crippen LogP contribution >= 0.6 is 0 Å². The summed E-state index contributed by atoms with van der Waals surface area (Å²) < 4.78 is 0. The smallest absolute Gasteiger partial charge is 0.0373 e. The summed E-state index contributed by atoms with van der Waals surface area (Å²) in [4.78, 5) is 0. The van der Waals surface area contributed by atoms with Crippen LogP contribution in [0.25, 0.3) is 11.1 Å². The number of rotatable bonds is 3. The van der Waals surface area contributed by atoms with Gasteiger partial charge in [-0.05, 0) is 60.2 Å². The van der Waals surface area contributed by atoms with E-state index in [9.17, 15) is 0 Å². The minimum Gasteiger partial charge on any atom is -0.385 e. The molecule has 1 aliphatic heterocycles. The molecule has 3 rings (SSSR count). The Bertz CT molecular complexity index is 575. The van der Waals surface area contributed by atoms with E-state index < -0.39 is 0 Å². The number of hydrogen-bond donors (Lipinski definition) is 2. The third-order valence-corrected chi connectivity index (χ3v) is 3.74. The van der Waals surface area contributed by atoms with E-state index in [-0.39, 0.29) is 0 Å². The first-order valence-electron chi connectivity index (χ1n) is 7.03. The SMILES string of the molecule is NCCc1cccc(-c2ccc3c(c2)CCCN3)c1. The maximum Gasteiger partial charge on any atom is 0.0373 e. The fourth-order valence-corrected chi connectivity index (χ4v) is 2.73. The fraction of sp³-hybridized carbons (Fsp3) is 0.294. The van der Waals surface area contributed by atoms with Gasteiger partial charge in [-0.2, -0.15) is 0 Å². The second-order valence-corrected chi connectivity index (χ2v) is 5.14. The van der Waals surface area contributed by atoms with Gasteiger partial charge in [0.1, 0.15) is 0 Å². The summed E-state index contributed by atoms with van der Waals surface area (Å²) in [7, 11) is 0. The van der Waals surface area contributed by atoms with E-state index in [0.29, 0.717) is 6.54 Å². The molecule has 2 heteroatoms. The lowest BCUT2D eigenvalue weighted by Crippen LogP contribution is -2.11. The van der Waals surface area contributed by atoms with Crippen molar-refractivity contribution in [3.8, 4) is 11.1 Å². The first kappa shape index (κ1) is 12.2. The van der Waals surface area contributed by atoms with Crippen molar-refractivity contribution in [1.82, 2.24) is 0 Å². The highest BCUT2D eigenvalue weighted by molar-refractivity contribution is 5.69. The summed E-state index contributed by atoms with van der Waals surface area (Å²) in [5, 5.41) is 3.46. The summed E-state index contributed by atoms with van der Waals surface area (Å²) in [6.07, 6.45) is 3.35. The van der Waals surface area contributed by atoms with Gasteiger partial charge in [-0.3, -0.25) is 0 Å². The molecule has 0 aromatic heterocycles. The molecule has 0 saturated heterocycles. The summed E-state index contributed by atoms with van der Waals surface area (Å²) in [6, 6.07) is 15.4. The van der Waals surface area contributed by atoms with Gasteiger partial charge in [-0.1, -0.05) is 30.3 Å². The predicted molar refractivity (Wildman–Crippen MR) is 81.4 cm³/mol. The molecule has 0 bridgehead atoms. The van der Waals surface area contributed by atoms with E-state index in [0.717, 1.165) is 13.0 Å². The van der Waals surface area contributed by atoms with Gasteiger partial charge in [0.15, 0.2) is 0 Å². The van der Waals surface area contributed by atoms with Crippen molar-refractivity contribution in [2.75, 3.05) is 18.4 Å². The summed E-state index contributed by atoms with van der Waals surface area (Å²) in [6.45, 7) is 1.80. The van der Waals surface area contributed by atoms with Crippen molar-refractivity contribution >= 4 is 5.69 Å². The van der Waals surface area contributed by atoms with E-state index in [2.05, 4.69) is 47.8 Å². The number of nitrogens with two attached hydrogens (primary N) is 1. The van der Waals surface area contributed by atoms with Gasteiger partial charge in [0.05, 0.1) is 0 Å². The Hall–Kier alpha value is -1.80. The Kier molecular flexibility index (Phi) is 3.51. The fourth-order valence-electron chi connectivity index (χ4n) is 2.73. The van der Waals surface area contributed by atoms with E-state index in [1.54, 1.807) is 0 Å². The molecule has 2 nitrogen and oxygen atoms in total. The van der Waals surface area contributed by atoms with Crippen LogP contribution in [0.15, 0.2) is 42.5 Å². The van der Waals surface area contributed by atoms with E-state index in [1.807, 2.05) is 0 Å². The molecule has 0 amide bonds. The van der Waals surface area contributed by atoms with Gasteiger partial charge in [-0.25, -0.2) is 0 Å². The molecule has 0 saturated carbocycles. The van der Waals surface area contributed by atoms with Gasteiger partial charge in [0.2, 0.25) is 0 Å². The van der Waals surface area contributed by atoms with Crippen molar-refractivity contribution in [3.63, 3.8) is 0 Å². The second kappa shape index (κ2) is 5.45. The van der Waals surface area contributed by atoms with Crippen LogP contribution in [0, 0.1) is 0 Å². The third kappa shape index (κ3) is 2.64. The lowest BCUT2D eigenvalue weighted by atomic mass is 9.96. The Morgan fingerprint density at radius 3 is 2.84 bits per heavy atom. The highest BCUT2D eigenvalue weighted by Crippen LogP contribution is 2.28. The highest BCUT2D eigenvalue weighted by atomic mass is 14.9. The molecule has 0 aliphatic carbocycles. The van der Waals surface area contributed by atoms with Gasteiger partial charge < -0.3 is 11.1 Å². The lowest BCUT2D eigenvalue weighted by molar-refractivity contribution is 0.830. The van der Waals surface area contributed by atoms with Crippen LogP contribution in [0.5, 0.6) is 0 Å². The molecule has 98 valence electrons. The number of fused-ring (bicyclic) bond motifs is 1. The molecular weight excluding hydrogens is 232 g/mol. The van der Waals surface area contributed by atoms with Crippen LogP contribution in [0.4, 0.5) is 5.69 Å². The standard InChI is InChI=1S/C17H20N2/c18-9-8-13-3-1-4-14(11-13)15-6-7-17-16(12-15)5-2-10-19-17/h1,3-4,6-7,11-12,19H,2,5,8-10,18H2. The van der Waals surface area contributed by atoms with Crippen LogP contribution in [0.3, 0.4) is 0 Å². The topological polar surface area (TPSA) is 38.0 Å². The molecule has 0 fully saturated rings. The zero-order valence-electron chi connectivity index (χ0n) is 11.2. The van der Waals surface area contributed by atoms with E-state index in [1.165, 1.54) is 40.8 Å². The second-order valence-electron chi connectivity index (χ2n) is 5.14. The summed E-state index contributed by atoms with van der Waals surface area (Å²) in [5.74, 6) is 0. The number of benzene rings is 2. The number of anilines is 1. The number of nitrogens with one attached hydrogen (secondary N) is 1. The first-order valence-corrected chi connectivity index (χ1v) is 7.03. The number of aryl methyl sites for hydroxylation is 1. The van der Waals surface area contributed by atoms with Crippen molar-refractivity contribution in [2.24, 2.45) is 5.73 Å². The molecule has 0 spiro atoms. The summed E-state index contributed by atoms with van der Waals surface area (Å²) >= 11 is 0. The van der Waals surface area contributed by atoms with Gasteiger partial charge in [0.25, 0.3) is 0 Å². The monoisotopic (exact) mass is 252 g/mol. The van der Waals surface area contributed by atoms with E-state index in [4.69, 9.17) is 5.73 Å². The first-order chi connectivity index (χ1) is 9.36. The maximum atomic E-state index is 5.63. The molecule has 3 N–H and O–H groups in total. The van der Waals surface area contributed by atoms with Crippen LogP contribution < -0.4 is 11.1 Å². The molecule has 0 radical (unpaired) electrons. The molecule has 2 aromatic carbocycles. The van der Waals surface area contributed by atoms with E-state index >= 15 is 0 Å². The molecule has 1 aliphatic rings. The Labute approximate surface area is 114 Å². The Morgan fingerprint density at radius 1 is 1.05 bits per heavy atom. The van der Waals surface area contributed by atoms with Gasteiger partial charge >= 0.3 is 0 Å². The Morgan fingerprint density at radius 2 is 1.95 bits per heavy atom. The summed E-state index contributed by atoms with van der Waals surface area (Å²) in [5.41, 5.74) is 12.3. The number of hydrogen-bond acceptors (Lipinski definition) is 2. The molecule has 19 heavy (non-hydrogen) atoms. The van der Waals surface area contributed by atoms with Crippen LogP contribution in [-0.4, -0.2) is 13.1 Å². The van der Waals surface area contributed by atoms with Crippen molar-refractivity contribution in [1.29, 1.82) is 0 Å². The zero-order valence-corrected chi connectivity index (χ0v) is 11.2. The van der Waals surface area contributed by atoms with Crippen molar-refractivity contribution < 1.29 is 0 Å². The van der Waals surface area contributed by atoms with Crippen molar-refractivity contribution in [3.05, 3.63) is 53.6 Å². The van der Waals surface area contributed by atoms with Crippen LogP contribution in [-0.2, 0) is 12.8 Å². The molecule has 0 atom stereocenters. The predicted octanol–water partition coefficient (Wildman–Crippen LogP) is 3.21. The van der Waals surface area contributed by atoms with Crippen LogP contribution in [0.1, 0.15) is 17.5 Å². The molecule has 0 unspecified atom stereocenters. The third-order valence-electron chi connectivity index (χ3n) is 3.74. The average molecular weight is 252 g/mol. The maximum absolute atomic E-state index is 5.63. The average Bonchev–Trinajstić information content (AvgIpc) is 2.47. The normalized spacial score (nSPS) is 13.7. The minimum atomic E-state index is 0.706. The molecule has 2 aromatic rings. The lowest BCUT2D eigenvalue weighted by Gasteiger charge is -2.18. The quantitative estimate of drug-likeness (QED) is 0.880. The largest absolute Gasteiger partial charge is 0.385 e. The van der Waals surface area contributed by atoms with Crippen LogP contribution in [0.2, 0.25) is 0 Å². The Balaban J connectivity index is 1.95. The molecular formula is C17H20N2. The van der Waals surface area contributed by atoms with Crippen molar-refractivity contribution in [2.45, 2.75) is 19.3 Å². The van der Waals surface area contributed by atoms with Gasteiger partial charge in [0, 0.05) is 12.2 Å². The molecule has 1 heterocycles.